The fraction of sp³-hybridized carbons (Fsp3) is 0.385. The van der Waals surface area contributed by atoms with Crippen LogP contribution in [0.3, 0.4) is 0 Å². The van der Waals surface area contributed by atoms with Crippen LogP contribution in [0.4, 0.5) is 0 Å². The standard InChI is InChI=1S/C39H34Br14O2/c1-39(2,19-3-33(50)37(34(51)4-19)54-17-31-27(13-46)23(9-42)21(7-40)24(10-43)28(31)14-47)20-5-35(52)38(36(53)6-20)55-18-32-29(15-48)25(11-44)22(8-41)26(12-45)30(32)16-49/h3-6H,7-18H2,1-2H3. The van der Waals surface area contributed by atoms with E-state index in [4.69, 9.17) is 9.47 Å². The summed E-state index contributed by atoms with van der Waals surface area (Å²) >= 11 is 53.1. The first kappa shape index (κ1) is 50.8. The molecule has 0 radical (unpaired) electrons. The predicted molar refractivity (Wildman–Crippen MR) is 284 cm³/mol. The van der Waals surface area contributed by atoms with Gasteiger partial charge in [-0.05, 0) is 166 Å². The van der Waals surface area contributed by atoms with Gasteiger partial charge in [-0.15, -0.1) is 0 Å². The van der Waals surface area contributed by atoms with Gasteiger partial charge in [-0.1, -0.05) is 173 Å². The summed E-state index contributed by atoms with van der Waals surface area (Å²) in [4.78, 5) is 0. The highest BCUT2D eigenvalue weighted by molar-refractivity contribution is 9.12. The third-order valence-corrected chi connectivity index (χ3v) is 17.8. The Morgan fingerprint density at radius 3 is 0.709 bits per heavy atom. The van der Waals surface area contributed by atoms with Gasteiger partial charge in [-0.3, -0.25) is 0 Å². The van der Waals surface area contributed by atoms with E-state index in [0.717, 1.165) is 93.8 Å². The number of benzene rings is 4. The average Bonchev–Trinajstić information content (AvgIpc) is 3.17. The van der Waals surface area contributed by atoms with Crippen molar-refractivity contribution in [3.8, 4) is 11.5 Å². The summed E-state index contributed by atoms with van der Waals surface area (Å²) in [6, 6.07) is 8.64. The van der Waals surface area contributed by atoms with Crippen molar-refractivity contribution < 1.29 is 9.47 Å². The van der Waals surface area contributed by atoms with E-state index in [1.165, 1.54) is 66.8 Å². The normalized spacial score (nSPS) is 11.8. The number of rotatable bonds is 18. The van der Waals surface area contributed by atoms with Crippen LogP contribution in [0.5, 0.6) is 11.5 Å². The van der Waals surface area contributed by atoms with Crippen molar-refractivity contribution in [2.24, 2.45) is 0 Å². The van der Waals surface area contributed by atoms with Crippen LogP contribution in [0.15, 0.2) is 42.2 Å². The second kappa shape index (κ2) is 23.8. The Labute approximate surface area is 442 Å². The molecule has 55 heavy (non-hydrogen) atoms. The minimum atomic E-state index is -0.367. The second-order valence-electron chi connectivity index (χ2n) is 12.8. The summed E-state index contributed by atoms with van der Waals surface area (Å²) in [6.07, 6.45) is 0. The Kier molecular flexibility index (Phi) is 22.0. The van der Waals surface area contributed by atoms with Gasteiger partial charge in [0.25, 0.3) is 0 Å². The van der Waals surface area contributed by atoms with E-state index in [2.05, 4.69) is 261 Å². The van der Waals surface area contributed by atoms with Crippen LogP contribution in [-0.4, -0.2) is 0 Å². The maximum atomic E-state index is 6.65. The molecule has 0 aliphatic carbocycles. The molecule has 0 amide bonds. The third kappa shape index (κ3) is 11.1. The van der Waals surface area contributed by atoms with Gasteiger partial charge in [-0.25, -0.2) is 0 Å². The highest BCUT2D eigenvalue weighted by Gasteiger charge is 2.29. The topological polar surface area (TPSA) is 18.5 Å². The SMILES string of the molecule is CC(C)(c1cc(Br)c(OCc2c(CBr)c(CBr)c(CBr)c(CBr)c2CBr)c(Br)c1)c1cc(Br)c(OCc2c(CBr)c(CBr)c(CBr)c(CBr)c2CBr)c(Br)c1. The molecule has 0 spiro atoms. The molecule has 4 aromatic rings. The highest BCUT2D eigenvalue weighted by Crippen LogP contribution is 2.46. The number of ether oxygens (including phenoxy) is 2. The van der Waals surface area contributed by atoms with E-state index in [9.17, 15) is 0 Å². The fourth-order valence-electron chi connectivity index (χ4n) is 6.72. The van der Waals surface area contributed by atoms with E-state index < -0.39 is 0 Å². The summed E-state index contributed by atoms with van der Waals surface area (Å²) in [5.74, 6) is 1.52. The molecule has 4 rings (SSSR count). The lowest BCUT2D eigenvalue weighted by Gasteiger charge is -2.29. The lowest BCUT2D eigenvalue weighted by Crippen LogP contribution is -2.19. The van der Waals surface area contributed by atoms with Gasteiger partial charge in [0.15, 0.2) is 0 Å². The molecule has 0 unspecified atom stereocenters. The molecular formula is C39H34Br14O2. The molecular weight excluding hydrogens is 1620 g/mol. The highest BCUT2D eigenvalue weighted by atomic mass is 79.9. The van der Waals surface area contributed by atoms with Crippen LogP contribution >= 0.6 is 223 Å². The Hall–Kier alpha value is 3.20. The molecule has 2 nitrogen and oxygen atoms in total. The van der Waals surface area contributed by atoms with Crippen LogP contribution in [0, 0.1) is 0 Å². The van der Waals surface area contributed by atoms with Gasteiger partial charge in [-0.2, -0.15) is 0 Å². The quantitative estimate of drug-likeness (QED) is 0.0925. The largest absolute Gasteiger partial charge is 0.487 e. The second-order valence-corrected chi connectivity index (χ2v) is 21.8. The number of halogens is 14. The Bertz CT molecular complexity index is 1760. The Morgan fingerprint density at radius 1 is 0.345 bits per heavy atom. The third-order valence-electron chi connectivity index (χ3n) is 9.87. The minimum absolute atomic E-state index is 0.367. The Balaban J connectivity index is 1.67. The van der Waals surface area contributed by atoms with E-state index in [1.807, 2.05) is 0 Å². The van der Waals surface area contributed by atoms with Crippen molar-refractivity contribution in [2.45, 2.75) is 85.8 Å². The van der Waals surface area contributed by atoms with Gasteiger partial charge in [0.1, 0.15) is 24.7 Å². The molecule has 300 valence electrons. The van der Waals surface area contributed by atoms with Crippen molar-refractivity contribution in [3.05, 3.63) is 120 Å². The van der Waals surface area contributed by atoms with Crippen LogP contribution in [0.25, 0.3) is 0 Å². The zero-order valence-electron chi connectivity index (χ0n) is 29.4. The lowest BCUT2D eigenvalue weighted by atomic mass is 9.78. The Morgan fingerprint density at radius 2 is 0.527 bits per heavy atom. The van der Waals surface area contributed by atoms with Crippen molar-refractivity contribution in [3.63, 3.8) is 0 Å². The molecule has 0 aromatic heterocycles. The molecule has 4 aromatic carbocycles. The van der Waals surface area contributed by atoms with Crippen LogP contribution in [0.2, 0.25) is 0 Å². The van der Waals surface area contributed by atoms with Crippen LogP contribution < -0.4 is 9.47 Å². The summed E-state index contributed by atoms with van der Waals surface area (Å²) in [5, 5.41) is 7.55. The van der Waals surface area contributed by atoms with Crippen molar-refractivity contribution in [1.29, 1.82) is 0 Å². The molecule has 0 saturated carbocycles. The average molecular weight is 1650 g/mol. The first-order valence-corrected chi connectivity index (χ1v) is 30.9. The molecule has 0 bridgehead atoms. The summed E-state index contributed by atoms with van der Waals surface area (Å²) in [6.45, 7) is 5.32. The lowest BCUT2D eigenvalue weighted by molar-refractivity contribution is 0.300. The van der Waals surface area contributed by atoms with Crippen molar-refractivity contribution >= 4 is 223 Å². The monoisotopic (exact) mass is 1640 g/mol. The van der Waals surface area contributed by atoms with Crippen LogP contribution in [-0.2, 0) is 71.9 Å². The maximum Gasteiger partial charge on any atom is 0.148 e. The predicted octanol–water partition coefficient (Wildman–Crippen LogP) is 19.2. The zero-order chi connectivity index (χ0) is 40.8. The number of alkyl halides is 10. The molecule has 0 aliphatic heterocycles. The van der Waals surface area contributed by atoms with E-state index in [-0.39, 0.29) is 5.41 Å². The molecule has 16 heteroatoms. The summed E-state index contributed by atoms with van der Waals surface area (Å²) < 4.78 is 16.8. The van der Waals surface area contributed by atoms with Crippen molar-refractivity contribution in [2.75, 3.05) is 0 Å². The van der Waals surface area contributed by atoms with Crippen LogP contribution in [0.1, 0.15) is 91.7 Å². The van der Waals surface area contributed by atoms with E-state index in [1.54, 1.807) is 0 Å². The molecule has 0 fully saturated rings. The molecule has 0 heterocycles. The minimum Gasteiger partial charge on any atom is -0.487 e. The smallest absolute Gasteiger partial charge is 0.148 e. The maximum absolute atomic E-state index is 6.65. The molecule has 0 N–H and O–H groups in total. The van der Waals surface area contributed by atoms with Gasteiger partial charge < -0.3 is 9.47 Å². The summed E-state index contributed by atoms with van der Waals surface area (Å²) in [7, 11) is 0. The molecule has 0 saturated heterocycles. The number of hydrogen-bond donors (Lipinski definition) is 0. The molecule has 0 aliphatic rings. The van der Waals surface area contributed by atoms with Gasteiger partial charge >= 0.3 is 0 Å². The zero-order valence-corrected chi connectivity index (χ0v) is 51.6. The van der Waals surface area contributed by atoms with E-state index >= 15 is 0 Å². The van der Waals surface area contributed by atoms with Gasteiger partial charge in [0.2, 0.25) is 0 Å². The fourth-order valence-corrected chi connectivity index (χ4v) is 16.3. The summed E-state index contributed by atoms with van der Waals surface area (Å²) in [5.41, 5.74) is 17.1. The number of hydrogen-bond acceptors (Lipinski definition) is 2. The first-order chi connectivity index (χ1) is 26.3. The van der Waals surface area contributed by atoms with Crippen molar-refractivity contribution in [1.82, 2.24) is 0 Å². The van der Waals surface area contributed by atoms with Gasteiger partial charge in [0.05, 0.1) is 17.9 Å². The molecule has 0 atom stereocenters. The first-order valence-electron chi connectivity index (χ1n) is 16.5. The van der Waals surface area contributed by atoms with Gasteiger partial charge in [0, 0.05) is 58.7 Å². The van der Waals surface area contributed by atoms with E-state index in [0.29, 0.717) is 13.2 Å².